The van der Waals surface area contributed by atoms with Gasteiger partial charge in [0.1, 0.15) is 11.6 Å². The Kier molecular flexibility index (Phi) is 11.3. The quantitative estimate of drug-likeness (QED) is 0.149. The molecule has 0 atom stereocenters. The SMILES string of the molecule is [2H]C(C)(C)c1cc(-c2ccccc2)c(-n2c(-c3cc(C(C)C)cc(C(C)C)c3O)nc3c(-c4cc(-c5cc(-c6ccccc6)ccn5)cc(C(C)(C)C)c4)cccc32)cc1-c1ccccc1. The lowest BCUT2D eigenvalue weighted by atomic mass is 9.83. The minimum atomic E-state index is -0.915. The molecule has 4 heteroatoms. The van der Waals surface area contributed by atoms with Gasteiger partial charge < -0.3 is 5.11 Å². The van der Waals surface area contributed by atoms with Gasteiger partial charge >= 0.3 is 0 Å². The molecule has 0 bridgehead atoms. The molecule has 0 unspecified atom stereocenters. The molecule has 65 heavy (non-hydrogen) atoms. The maximum Gasteiger partial charge on any atom is 0.149 e. The Morgan fingerprint density at radius 3 is 1.77 bits per heavy atom. The second-order valence-corrected chi connectivity index (χ2v) is 19.3. The molecule has 0 saturated heterocycles. The van der Waals surface area contributed by atoms with E-state index in [0.717, 1.165) is 89.2 Å². The van der Waals surface area contributed by atoms with Crippen LogP contribution in [-0.2, 0) is 5.41 Å². The van der Waals surface area contributed by atoms with Gasteiger partial charge in [-0.05, 0) is 127 Å². The molecule has 1 N–H and O–H groups in total. The van der Waals surface area contributed by atoms with Crippen LogP contribution in [0.5, 0.6) is 5.75 Å². The Labute approximate surface area is 386 Å². The van der Waals surface area contributed by atoms with Gasteiger partial charge in [0.25, 0.3) is 0 Å². The van der Waals surface area contributed by atoms with Crippen LogP contribution in [-0.4, -0.2) is 19.6 Å². The second-order valence-electron chi connectivity index (χ2n) is 19.3. The number of imidazole rings is 1. The van der Waals surface area contributed by atoms with Gasteiger partial charge in [-0.1, -0.05) is 178 Å². The van der Waals surface area contributed by atoms with E-state index in [4.69, 9.17) is 9.97 Å². The van der Waals surface area contributed by atoms with E-state index in [1.165, 1.54) is 5.56 Å². The van der Waals surface area contributed by atoms with Crippen LogP contribution in [0.2, 0.25) is 0 Å². The zero-order valence-corrected chi connectivity index (χ0v) is 39.1. The molecule has 2 heterocycles. The molecule has 4 nitrogen and oxygen atoms in total. The smallest absolute Gasteiger partial charge is 0.149 e. The summed E-state index contributed by atoms with van der Waals surface area (Å²) in [5.74, 6) is 0.263. The summed E-state index contributed by atoms with van der Waals surface area (Å²) in [6, 6.07) is 57.6. The summed E-state index contributed by atoms with van der Waals surface area (Å²) in [5, 5.41) is 12.5. The summed E-state index contributed by atoms with van der Waals surface area (Å²) in [5.41, 5.74) is 17.5. The van der Waals surface area contributed by atoms with Crippen molar-refractivity contribution in [3.05, 3.63) is 192 Å². The van der Waals surface area contributed by atoms with Crippen LogP contribution in [0.1, 0.15) is 104 Å². The molecule has 7 aromatic carbocycles. The van der Waals surface area contributed by atoms with Gasteiger partial charge in [-0.25, -0.2) is 4.98 Å². The molecule has 0 radical (unpaired) electrons. The molecule has 0 aliphatic heterocycles. The summed E-state index contributed by atoms with van der Waals surface area (Å²) in [6.07, 6.45) is 1.90. The highest BCUT2D eigenvalue weighted by molar-refractivity contribution is 5.98. The van der Waals surface area contributed by atoms with Crippen molar-refractivity contribution in [1.82, 2.24) is 14.5 Å². The first-order valence-corrected chi connectivity index (χ1v) is 22.9. The van der Waals surface area contributed by atoms with Crippen LogP contribution in [0.4, 0.5) is 0 Å². The van der Waals surface area contributed by atoms with Crippen molar-refractivity contribution in [2.75, 3.05) is 0 Å². The summed E-state index contributed by atoms with van der Waals surface area (Å²) >= 11 is 0. The molecule has 2 aromatic heterocycles. The van der Waals surface area contributed by atoms with Crippen molar-refractivity contribution in [1.29, 1.82) is 0 Å². The first-order valence-electron chi connectivity index (χ1n) is 23.4. The second kappa shape index (κ2) is 17.5. The lowest BCUT2D eigenvalue weighted by Gasteiger charge is -2.23. The molecule has 0 fully saturated rings. The van der Waals surface area contributed by atoms with E-state index in [1.807, 2.05) is 38.2 Å². The van der Waals surface area contributed by atoms with Gasteiger partial charge in [-0.3, -0.25) is 9.55 Å². The van der Waals surface area contributed by atoms with Gasteiger partial charge in [0.2, 0.25) is 0 Å². The number of pyridine rings is 1. The molecule has 0 spiro atoms. The van der Waals surface area contributed by atoms with Crippen molar-refractivity contribution < 1.29 is 6.48 Å². The molecule has 324 valence electrons. The Balaban J connectivity index is 1.40. The molecule has 0 amide bonds. The third kappa shape index (κ3) is 8.42. The number of hydrogen-bond donors (Lipinski definition) is 1. The maximum atomic E-state index is 12.5. The first-order chi connectivity index (χ1) is 31.6. The van der Waals surface area contributed by atoms with Crippen LogP contribution >= 0.6 is 0 Å². The fourth-order valence-electron chi connectivity index (χ4n) is 9.04. The van der Waals surface area contributed by atoms with E-state index in [2.05, 4.69) is 199 Å². The zero-order valence-electron chi connectivity index (χ0n) is 40.1. The summed E-state index contributed by atoms with van der Waals surface area (Å²) in [7, 11) is 0. The lowest BCUT2D eigenvalue weighted by molar-refractivity contribution is 0.466. The van der Waals surface area contributed by atoms with Crippen LogP contribution in [0, 0.1) is 0 Å². The van der Waals surface area contributed by atoms with Gasteiger partial charge in [-0.15, -0.1) is 0 Å². The monoisotopic (exact) mass is 850 g/mol. The van der Waals surface area contributed by atoms with Crippen molar-refractivity contribution in [3.8, 4) is 78.6 Å². The number of phenols is 1. The number of rotatable bonds is 10. The average molecular weight is 851 g/mol. The van der Waals surface area contributed by atoms with Crippen LogP contribution in [0.15, 0.2) is 170 Å². The summed E-state index contributed by atoms with van der Waals surface area (Å²) in [4.78, 5) is 10.6. The molecule has 9 rings (SSSR count). The van der Waals surface area contributed by atoms with Crippen LogP contribution in [0.3, 0.4) is 0 Å². The van der Waals surface area contributed by atoms with Gasteiger partial charge in [0.15, 0.2) is 0 Å². The predicted molar refractivity (Wildman–Crippen MR) is 274 cm³/mol. The number of phenolic OH excluding ortho intramolecular Hbond substituents is 1. The van der Waals surface area contributed by atoms with Gasteiger partial charge in [0.05, 0.1) is 28.0 Å². The maximum absolute atomic E-state index is 12.5. The van der Waals surface area contributed by atoms with Gasteiger partial charge in [-0.2, -0.15) is 0 Å². The van der Waals surface area contributed by atoms with Crippen molar-refractivity contribution in [2.45, 2.75) is 85.5 Å². The standard InChI is InChI=1S/C61H59N3O/c1-38(2)45-33-51(40(5)6)59(65)54(34-45)60-63-58-49(46-30-47(32-48(31-46)61(7,8)9)55-35-44(28-29-62-55)41-20-13-10-14-21-41)26-19-27-56(58)64(60)57-37-52(42-22-15-11-16-23-42)50(39(3)4)36-53(57)43-24-17-12-18-25-43/h10-40,65H,1-9H3/i39D. The molecular weight excluding hydrogens is 791 g/mol. The average Bonchev–Trinajstić information content (AvgIpc) is 3.70. The van der Waals surface area contributed by atoms with Crippen LogP contribution < -0.4 is 0 Å². The highest BCUT2D eigenvalue weighted by atomic mass is 16.3. The fraction of sp³-hybridized carbons (Fsp3) is 0.213. The molecule has 0 saturated carbocycles. The van der Waals surface area contributed by atoms with E-state index in [0.29, 0.717) is 11.4 Å². The fourth-order valence-corrected chi connectivity index (χ4v) is 9.04. The molecular formula is C61H59N3O. The zero-order chi connectivity index (χ0) is 46.5. The minimum Gasteiger partial charge on any atom is -0.507 e. The first kappa shape index (κ1) is 41.9. The van der Waals surface area contributed by atoms with Crippen molar-refractivity contribution in [3.63, 3.8) is 0 Å². The Bertz CT molecular complexity index is 3210. The third-order valence-corrected chi connectivity index (χ3v) is 12.7. The minimum absolute atomic E-state index is 0.0755. The number of nitrogens with zero attached hydrogens (tertiary/aromatic N) is 3. The van der Waals surface area contributed by atoms with E-state index in [9.17, 15) is 6.48 Å². The molecule has 0 aliphatic rings. The largest absolute Gasteiger partial charge is 0.507 e. The van der Waals surface area contributed by atoms with Crippen molar-refractivity contribution >= 4 is 11.0 Å². The number of benzene rings is 7. The summed E-state index contributed by atoms with van der Waals surface area (Å²) in [6.45, 7) is 19.4. The topological polar surface area (TPSA) is 50.9 Å². The van der Waals surface area contributed by atoms with E-state index < -0.39 is 5.89 Å². The molecule has 9 aromatic rings. The summed E-state index contributed by atoms with van der Waals surface area (Å²) < 4.78 is 11.8. The van der Waals surface area contributed by atoms with Crippen LogP contribution in [0.25, 0.3) is 83.9 Å². The Morgan fingerprint density at radius 2 is 1.15 bits per heavy atom. The lowest BCUT2D eigenvalue weighted by Crippen LogP contribution is -2.11. The van der Waals surface area contributed by atoms with Gasteiger partial charge in [0, 0.05) is 24.3 Å². The molecule has 0 aliphatic carbocycles. The number of para-hydroxylation sites is 1. The Morgan fingerprint density at radius 1 is 0.523 bits per heavy atom. The number of fused-ring (bicyclic) bond motifs is 1. The normalized spacial score (nSPS) is 12.3. The number of hydrogen-bond acceptors (Lipinski definition) is 3. The Hall–Kier alpha value is -7.04. The highest BCUT2D eigenvalue weighted by Gasteiger charge is 2.27. The van der Waals surface area contributed by atoms with Crippen molar-refractivity contribution in [2.24, 2.45) is 0 Å². The van der Waals surface area contributed by atoms with E-state index in [1.54, 1.807) is 0 Å². The predicted octanol–water partition coefficient (Wildman–Crippen LogP) is 16.8. The third-order valence-electron chi connectivity index (χ3n) is 12.7. The number of aromatic hydroxyl groups is 1. The highest BCUT2D eigenvalue weighted by Crippen LogP contribution is 2.46. The van der Waals surface area contributed by atoms with E-state index in [-0.39, 0.29) is 23.0 Å². The van der Waals surface area contributed by atoms with E-state index >= 15 is 0 Å². The number of aromatic nitrogens is 3.